The fourth-order valence-corrected chi connectivity index (χ4v) is 2.00. The van der Waals surface area contributed by atoms with E-state index in [1.807, 2.05) is 13.0 Å². The van der Waals surface area contributed by atoms with Crippen LogP contribution < -0.4 is 5.32 Å². The predicted molar refractivity (Wildman–Crippen MR) is 79.5 cm³/mol. The first kappa shape index (κ1) is 14.8. The van der Waals surface area contributed by atoms with Crippen LogP contribution in [0.4, 0.5) is 17.1 Å². The van der Waals surface area contributed by atoms with Crippen molar-refractivity contribution in [1.82, 2.24) is 0 Å². The van der Waals surface area contributed by atoms with Crippen LogP contribution in [0.15, 0.2) is 36.4 Å². The highest BCUT2D eigenvalue weighted by Gasteiger charge is 2.20. The van der Waals surface area contributed by atoms with Crippen molar-refractivity contribution < 1.29 is 14.8 Å². The average molecular weight is 307 g/mol. The van der Waals surface area contributed by atoms with Gasteiger partial charge in [0.15, 0.2) is 0 Å². The molecule has 2 N–H and O–H groups in total. The second-order valence-corrected chi connectivity index (χ2v) is 4.81. The number of hydrogen-bond acceptors (Lipinski definition) is 4. The molecule has 2 aromatic carbocycles. The number of aromatic carboxylic acids is 1. The third kappa shape index (κ3) is 3.29. The Morgan fingerprint density at radius 2 is 2.00 bits per heavy atom. The number of carboxylic acids is 1. The molecule has 0 unspecified atom stereocenters. The number of nitro benzene ring substituents is 1. The zero-order chi connectivity index (χ0) is 15.6. The van der Waals surface area contributed by atoms with Crippen LogP contribution >= 0.6 is 11.6 Å². The van der Waals surface area contributed by atoms with Crippen molar-refractivity contribution in [2.75, 3.05) is 5.32 Å². The molecule has 0 fully saturated rings. The number of hydrogen-bond donors (Lipinski definition) is 2. The summed E-state index contributed by atoms with van der Waals surface area (Å²) in [5.74, 6) is -1.36. The highest BCUT2D eigenvalue weighted by Crippen LogP contribution is 2.29. The molecule has 2 aromatic rings. The van der Waals surface area contributed by atoms with E-state index < -0.39 is 16.6 Å². The van der Waals surface area contributed by atoms with Gasteiger partial charge < -0.3 is 10.4 Å². The van der Waals surface area contributed by atoms with E-state index in [0.717, 1.165) is 11.6 Å². The number of anilines is 2. The van der Waals surface area contributed by atoms with Gasteiger partial charge in [0.05, 0.1) is 15.6 Å². The molecule has 0 spiro atoms. The molecule has 7 heteroatoms. The van der Waals surface area contributed by atoms with Crippen LogP contribution in [0.3, 0.4) is 0 Å². The van der Waals surface area contributed by atoms with Gasteiger partial charge in [0, 0.05) is 11.8 Å². The zero-order valence-corrected chi connectivity index (χ0v) is 11.7. The molecule has 0 radical (unpaired) electrons. The summed E-state index contributed by atoms with van der Waals surface area (Å²) in [5.41, 5.74) is 1.15. The van der Waals surface area contributed by atoms with Gasteiger partial charge in [0.1, 0.15) is 5.56 Å². The Morgan fingerprint density at radius 3 is 2.62 bits per heavy atom. The van der Waals surface area contributed by atoms with E-state index in [1.165, 1.54) is 12.1 Å². The van der Waals surface area contributed by atoms with Crippen molar-refractivity contribution in [3.8, 4) is 0 Å². The summed E-state index contributed by atoms with van der Waals surface area (Å²) in [7, 11) is 0. The molecule has 0 aromatic heterocycles. The lowest BCUT2D eigenvalue weighted by molar-refractivity contribution is -0.385. The summed E-state index contributed by atoms with van der Waals surface area (Å²) in [4.78, 5) is 21.2. The molecule has 0 heterocycles. The fraction of sp³-hybridized carbons (Fsp3) is 0.0714. The molecule has 0 aliphatic heterocycles. The minimum absolute atomic E-state index is 0.381. The van der Waals surface area contributed by atoms with E-state index in [-0.39, 0.29) is 5.56 Å². The van der Waals surface area contributed by atoms with E-state index in [0.29, 0.717) is 16.4 Å². The van der Waals surface area contributed by atoms with Gasteiger partial charge in [-0.2, -0.15) is 0 Å². The van der Waals surface area contributed by atoms with Gasteiger partial charge >= 0.3 is 5.97 Å². The van der Waals surface area contributed by atoms with Crippen LogP contribution in [0.5, 0.6) is 0 Å². The fourth-order valence-electron chi connectivity index (χ4n) is 1.83. The predicted octanol–water partition coefficient (Wildman–Crippen LogP) is 4.00. The van der Waals surface area contributed by atoms with Crippen molar-refractivity contribution in [3.05, 3.63) is 62.7 Å². The Bertz CT molecular complexity index is 731. The summed E-state index contributed by atoms with van der Waals surface area (Å²) < 4.78 is 0. The van der Waals surface area contributed by atoms with E-state index in [1.54, 1.807) is 12.1 Å². The maximum absolute atomic E-state index is 11.1. The first-order valence-corrected chi connectivity index (χ1v) is 6.31. The largest absolute Gasteiger partial charge is 0.477 e. The van der Waals surface area contributed by atoms with Crippen LogP contribution in [-0.2, 0) is 0 Å². The van der Waals surface area contributed by atoms with Crippen LogP contribution in [-0.4, -0.2) is 16.0 Å². The summed E-state index contributed by atoms with van der Waals surface area (Å²) in [6.45, 7) is 1.89. The number of halogens is 1. The lowest BCUT2D eigenvalue weighted by Gasteiger charge is -2.10. The van der Waals surface area contributed by atoms with Crippen LogP contribution in [0.2, 0.25) is 5.02 Å². The van der Waals surface area contributed by atoms with Gasteiger partial charge in [0.25, 0.3) is 5.69 Å². The van der Waals surface area contributed by atoms with Gasteiger partial charge in [-0.15, -0.1) is 0 Å². The number of carbonyl (C=O) groups is 1. The number of rotatable bonds is 4. The number of benzene rings is 2. The van der Waals surface area contributed by atoms with E-state index in [4.69, 9.17) is 16.7 Å². The van der Waals surface area contributed by atoms with Crippen LogP contribution in [0, 0.1) is 17.0 Å². The SMILES string of the molecule is Cc1ccc(Cl)c(Nc2ccc([N+](=O)[O-])c(C(=O)O)c2)c1. The summed E-state index contributed by atoms with van der Waals surface area (Å²) in [6, 6.07) is 9.14. The third-order valence-corrected chi connectivity index (χ3v) is 3.15. The van der Waals surface area contributed by atoms with Crippen molar-refractivity contribution in [2.45, 2.75) is 6.92 Å². The van der Waals surface area contributed by atoms with E-state index >= 15 is 0 Å². The highest BCUT2D eigenvalue weighted by molar-refractivity contribution is 6.33. The summed E-state index contributed by atoms with van der Waals surface area (Å²) >= 11 is 6.04. The second-order valence-electron chi connectivity index (χ2n) is 4.40. The Balaban J connectivity index is 2.41. The Labute approximate surface area is 125 Å². The normalized spacial score (nSPS) is 10.2. The van der Waals surface area contributed by atoms with E-state index in [2.05, 4.69) is 5.32 Å². The maximum atomic E-state index is 11.1. The standard InChI is InChI=1S/C14H11ClN2O4/c1-8-2-4-11(15)12(6-8)16-9-3-5-13(17(20)21)10(7-9)14(18)19/h2-7,16H,1H3,(H,18,19). The molecule has 108 valence electrons. The van der Waals surface area contributed by atoms with Crippen molar-refractivity contribution in [3.63, 3.8) is 0 Å². The smallest absolute Gasteiger partial charge is 0.342 e. The molecular weight excluding hydrogens is 296 g/mol. The number of carboxylic acid groups (broad SMARTS) is 1. The number of nitrogens with one attached hydrogen (secondary N) is 1. The summed E-state index contributed by atoms with van der Waals surface area (Å²) in [6.07, 6.45) is 0. The van der Waals surface area contributed by atoms with Crippen LogP contribution in [0.25, 0.3) is 0 Å². The Morgan fingerprint density at radius 1 is 1.29 bits per heavy atom. The molecule has 0 saturated carbocycles. The van der Waals surface area contributed by atoms with Crippen molar-refractivity contribution in [1.29, 1.82) is 0 Å². The monoisotopic (exact) mass is 306 g/mol. The minimum atomic E-state index is -1.36. The molecule has 0 saturated heterocycles. The van der Waals surface area contributed by atoms with Gasteiger partial charge in [-0.3, -0.25) is 10.1 Å². The topological polar surface area (TPSA) is 92.5 Å². The van der Waals surface area contributed by atoms with Gasteiger partial charge in [-0.25, -0.2) is 4.79 Å². The molecule has 0 amide bonds. The molecule has 2 rings (SSSR count). The Hall–Kier alpha value is -2.60. The molecule has 0 aliphatic carbocycles. The second kappa shape index (κ2) is 5.80. The minimum Gasteiger partial charge on any atom is -0.477 e. The molecule has 0 atom stereocenters. The number of nitro groups is 1. The third-order valence-electron chi connectivity index (χ3n) is 2.82. The lowest BCUT2D eigenvalue weighted by Crippen LogP contribution is -2.03. The number of aryl methyl sites for hydroxylation is 1. The average Bonchev–Trinajstić information content (AvgIpc) is 2.42. The maximum Gasteiger partial charge on any atom is 0.342 e. The van der Waals surface area contributed by atoms with Gasteiger partial charge in [0.2, 0.25) is 0 Å². The van der Waals surface area contributed by atoms with Crippen molar-refractivity contribution in [2.24, 2.45) is 0 Å². The highest BCUT2D eigenvalue weighted by atomic mass is 35.5. The van der Waals surface area contributed by atoms with E-state index in [9.17, 15) is 14.9 Å². The zero-order valence-electron chi connectivity index (χ0n) is 11.0. The molecule has 0 aliphatic rings. The van der Waals surface area contributed by atoms with Gasteiger partial charge in [-0.05, 0) is 36.8 Å². The first-order valence-electron chi connectivity index (χ1n) is 5.93. The molecular formula is C14H11ClN2O4. The van der Waals surface area contributed by atoms with Crippen LogP contribution in [0.1, 0.15) is 15.9 Å². The lowest BCUT2D eigenvalue weighted by atomic mass is 10.1. The quantitative estimate of drug-likeness (QED) is 0.658. The molecule has 21 heavy (non-hydrogen) atoms. The number of nitrogens with zero attached hydrogens (tertiary/aromatic N) is 1. The molecule has 6 nitrogen and oxygen atoms in total. The van der Waals surface area contributed by atoms with Crippen molar-refractivity contribution >= 4 is 34.6 Å². The first-order chi connectivity index (χ1) is 9.88. The van der Waals surface area contributed by atoms with Gasteiger partial charge in [-0.1, -0.05) is 17.7 Å². The molecule has 0 bridgehead atoms. The summed E-state index contributed by atoms with van der Waals surface area (Å²) in [5, 5.41) is 23.3. The Kier molecular flexibility index (Phi) is 4.09.